The van der Waals surface area contributed by atoms with E-state index in [1.54, 1.807) is 30.3 Å². The molecule has 0 atom stereocenters. The maximum absolute atomic E-state index is 13.5. The summed E-state index contributed by atoms with van der Waals surface area (Å²) < 4.78 is 18.9. The van der Waals surface area contributed by atoms with Crippen LogP contribution in [0.5, 0.6) is 11.5 Å². The summed E-state index contributed by atoms with van der Waals surface area (Å²) >= 11 is 0. The fraction of sp³-hybridized carbons (Fsp3) is 0. The minimum Gasteiger partial charge on any atom is -0.454 e. The van der Waals surface area contributed by atoms with Gasteiger partial charge >= 0.3 is 0 Å². The lowest BCUT2D eigenvalue weighted by Gasteiger charge is -2.06. The number of halogens is 1. The van der Waals surface area contributed by atoms with E-state index in [4.69, 9.17) is 4.74 Å². The Bertz CT molecular complexity index is 752. The van der Waals surface area contributed by atoms with E-state index in [0.29, 0.717) is 23.1 Å². The minimum absolute atomic E-state index is 0.137. The molecule has 0 aliphatic carbocycles. The molecule has 1 aromatic heterocycles. The fourth-order valence-electron chi connectivity index (χ4n) is 1.82. The number of hydrogen-bond donors (Lipinski definition) is 1. The van der Waals surface area contributed by atoms with Crippen LogP contribution in [-0.4, -0.2) is 16.5 Å². The second-order valence-corrected chi connectivity index (χ2v) is 3.97. The summed E-state index contributed by atoms with van der Waals surface area (Å²) in [5.41, 5.74) is 1.02. The molecule has 0 radical (unpaired) electrons. The van der Waals surface area contributed by atoms with Crippen LogP contribution in [0.15, 0.2) is 42.5 Å². The Hall–Kier alpha value is -2.69. The molecular weight excluding hydrogens is 247 g/mol. The second-order valence-electron chi connectivity index (χ2n) is 3.97. The topological polar surface area (TPSA) is 55.0 Å². The molecule has 4 nitrogen and oxygen atoms in total. The third kappa shape index (κ3) is 2.06. The molecule has 0 saturated heterocycles. The predicted molar refractivity (Wildman–Crippen MR) is 68.0 cm³/mol. The van der Waals surface area contributed by atoms with E-state index in [2.05, 4.69) is 10.2 Å². The Labute approximate surface area is 107 Å². The number of aldehydes is 1. The van der Waals surface area contributed by atoms with Gasteiger partial charge in [0, 0.05) is 5.39 Å². The molecule has 3 aromatic rings. The highest BCUT2D eigenvalue weighted by Gasteiger charge is 2.08. The Balaban J connectivity index is 2.01. The van der Waals surface area contributed by atoms with E-state index < -0.39 is 5.82 Å². The lowest BCUT2D eigenvalue weighted by Crippen LogP contribution is -1.88. The van der Waals surface area contributed by atoms with Gasteiger partial charge in [0.1, 0.15) is 11.4 Å². The first-order chi connectivity index (χ1) is 9.28. The van der Waals surface area contributed by atoms with Crippen LogP contribution in [-0.2, 0) is 0 Å². The summed E-state index contributed by atoms with van der Waals surface area (Å²) in [6.07, 6.45) is 0.658. The number of carbonyl (C=O) groups excluding carboxylic acids is 1. The standard InChI is InChI=1S/C14H9FN2O2/c15-11-3-1-2-4-14(11)19-9-5-6-12-10(7-9)13(8-18)17-16-12/h1-8H,(H,16,17). The SMILES string of the molecule is O=Cc1n[nH]c2ccc(Oc3ccccc3F)cc12. The zero-order valence-corrected chi connectivity index (χ0v) is 9.76. The van der Waals surface area contributed by atoms with Crippen molar-refractivity contribution in [1.29, 1.82) is 0 Å². The number of benzene rings is 2. The quantitative estimate of drug-likeness (QED) is 0.731. The lowest BCUT2D eigenvalue weighted by atomic mass is 10.2. The van der Waals surface area contributed by atoms with Crippen molar-refractivity contribution in [3.8, 4) is 11.5 Å². The molecule has 2 aromatic carbocycles. The van der Waals surface area contributed by atoms with Crippen molar-refractivity contribution >= 4 is 17.2 Å². The van der Waals surface area contributed by atoms with Gasteiger partial charge in [-0.15, -0.1) is 0 Å². The molecule has 19 heavy (non-hydrogen) atoms. The predicted octanol–water partition coefficient (Wildman–Crippen LogP) is 3.31. The third-order valence-electron chi connectivity index (χ3n) is 2.74. The van der Waals surface area contributed by atoms with E-state index >= 15 is 0 Å². The van der Waals surface area contributed by atoms with Gasteiger partial charge < -0.3 is 4.74 Å². The van der Waals surface area contributed by atoms with Crippen LogP contribution >= 0.6 is 0 Å². The highest BCUT2D eigenvalue weighted by atomic mass is 19.1. The van der Waals surface area contributed by atoms with Gasteiger partial charge in [0.05, 0.1) is 5.52 Å². The van der Waals surface area contributed by atoms with Gasteiger partial charge in [-0.1, -0.05) is 12.1 Å². The monoisotopic (exact) mass is 256 g/mol. The van der Waals surface area contributed by atoms with Gasteiger partial charge in [0.25, 0.3) is 0 Å². The number of aromatic nitrogens is 2. The highest BCUT2D eigenvalue weighted by Crippen LogP contribution is 2.27. The van der Waals surface area contributed by atoms with E-state index in [-0.39, 0.29) is 5.75 Å². The Morgan fingerprint density at radius 3 is 2.84 bits per heavy atom. The number of rotatable bonds is 3. The summed E-state index contributed by atoms with van der Waals surface area (Å²) in [4.78, 5) is 10.8. The zero-order chi connectivity index (χ0) is 13.2. The second kappa shape index (κ2) is 4.53. The van der Waals surface area contributed by atoms with E-state index in [9.17, 15) is 9.18 Å². The summed E-state index contributed by atoms with van der Waals surface area (Å²) in [6.45, 7) is 0. The van der Waals surface area contributed by atoms with E-state index in [1.165, 1.54) is 12.1 Å². The van der Waals surface area contributed by atoms with Gasteiger partial charge in [0.15, 0.2) is 17.9 Å². The summed E-state index contributed by atoms with van der Waals surface area (Å²) in [5, 5.41) is 7.23. The molecule has 0 saturated carbocycles. The fourth-order valence-corrected chi connectivity index (χ4v) is 1.82. The van der Waals surface area contributed by atoms with Crippen LogP contribution in [0.1, 0.15) is 10.5 Å². The molecular formula is C14H9FN2O2. The lowest BCUT2D eigenvalue weighted by molar-refractivity contribution is 0.112. The van der Waals surface area contributed by atoms with Crippen LogP contribution in [0.2, 0.25) is 0 Å². The molecule has 5 heteroatoms. The average Bonchev–Trinajstić information content (AvgIpc) is 2.84. The van der Waals surface area contributed by atoms with Crippen LogP contribution in [0.3, 0.4) is 0 Å². The highest BCUT2D eigenvalue weighted by molar-refractivity contribution is 5.95. The van der Waals surface area contributed by atoms with Gasteiger partial charge in [-0.25, -0.2) is 4.39 Å². The van der Waals surface area contributed by atoms with Gasteiger partial charge in [-0.3, -0.25) is 9.89 Å². The van der Waals surface area contributed by atoms with Crippen molar-refractivity contribution in [1.82, 2.24) is 10.2 Å². The van der Waals surface area contributed by atoms with Crippen molar-refractivity contribution in [2.75, 3.05) is 0 Å². The summed E-state index contributed by atoms with van der Waals surface area (Å²) in [5.74, 6) is 0.144. The molecule has 0 unspecified atom stereocenters. The van der Waals surface area contributed by atoms with Crippen LogP contribution in [0, 0.1) is 5.82 Å². The van der Waals surface area contributed by atoms with Crippen molar-refractivity contribution in [2.24, 2.45) is 0 Å². The number of H-pyrrole nitrogens is 1. The van der Waals surface area contributed by atoms with Crippen molar-refractivity contribution in [2.45, 2.75) is 0 Å². The molecule has 0 bridgehead atoms. The van der Waals surface area contributed by atoms with Crippen LogP contribution in [0.25, 0.3) is 10.9 Å². The minimum atomic E-state index is -0.439. The number of hydrogen-bond acceptors (Lipinski definition) is 3. The summed E-state index contributed by atoms with van der Waals surface area (Å²) in [7, 11) is 0. The normalized spacial score (nSPS) is 10.6. The van der Waals surface area contributed by atoms with Crippen molar-refractivity contribution in [3.05, 3.63) is 54.0 Å². The Kier molecular flexibility index (Phi) is 2.72. The first kappa shape index (κ1) is 11.4. The molecule has 0 fully saturated rings. The maximum Gasteiger partial charge on any atom is 0.170 e. The first-order valence-electron chi connectivity index (χ1n) is 5.63. The van der Waals surface area contributed by atoms with E-state index in [1.807, 2.05) is 0 Å². The van der Waals surface area contributed by atoms with Crippen molar-refractivity contribution < 1.29 is 13.9 Å². The van der Waals surface area contributed by atoms with Gasteiger partial charge in [0.2, 0.25) is 0 Å². The number of para-hydroxylation sites is 1. The third-order valence-corrected chi connectivity index (χ3v) is 2.74. The Morgan fingerprint density at radius 2 is 2.05 bits per heavy atom. The molecule has 0 aliphatic rings. The number of nitrogens with one attached hydrogen (secondary N) is 1. The maximum atomic E-state index is 13.5. The van der Waals surface area contributed by atoms with Crippen LogP contribution < -0.4 is 4.74 Å². The molecule has 0 spiro atoms. The zero-order valence-electron chi connectivity index (χ0n) is 9.76. The number of aromatic amines is 1. The average molecular weight is 256 g/mol. The molecule has 94 valence electrons. The van der Waals surface area contributed by atoms with Gasteiger partial charge in [-0.2, -0.15) is 5.10 Å². The number of fused-ring (bicyclic) bond motifs is 1. The molecule has 0 amide bonds. The number of ether oxygens (including phenoxy) is 1. The number of carbonyl (C=O) groups is 1. The first-order valence-corrected chi connectivity index (χ1v) is 5.63. The largest absolute Gasteiger partial charge is 0.454 e. The smallest absolute Gasteiger partial charge is 0.170 e. The molecule has 0 aliphatic heterocycles. The number of nitrogens with zero attached hydrogens (tertiary/aromatic N) is 1. The molecule has 1 N–H and O–H groups in total. The summed E-state index contributed by atoms with van der Waals surface area (Å²) in [6, 6.07) is 11.2. The van der Waals surface area contributed by atoms with E-state index in [0.717, 1.165) is 5.52 Å². The van der Waals surface area contributed by atoms with Crippen molar-refractivity contribution in [3.63, 3.8) is 0 Å². The molecule has 3 rings (SSSR count). The molecule has 1 heterocycles. The van der Waals surface area contributed by atoms with Crippen LogP contribution in [0.4, 0.5) is 4.39 Å². The Morgan fingerprint density at radius 1 is 1.21 bits per heavy atom. The van der Waals surface area contributed by atoms with Gasteiger partial charge in [-0.05, 0) is 30.3 Å².